The maximum absolute atomic E-state index is 14.2. The van der Waals surface area contributed by atoms with Gasteiger partial charge in [-0.25, -0.2) is 8.91 Å². The molecule has 3 aromatic heterocycles. The van der Waals surface area contributed by atoms with Crippen molar-refractivity contribution in [3.05, 3.63) is 59.3 Å². The number of nitrogens with two attached hydrogens (primary N) is 1. The lowest BCUT2D eigenvalue weighted by Crippen LogP contribution is -2.50. The smallest absolute Gasteiger partial charge is 0.255 e. The Bertz CT molecular complexity index is 1670. The molecule has 2 N–H and O–H groups in total. The van der Waals surface area contributed by atoms with E-state index in [-0.39, 0.29) is 24.4 Å². The predicted molar refractivity (Wildman–Crippen MR) is 161 cm³/mol. The van der Waals surface area contributed by atoms with Crippen LogP contribution in [-0.2, 0) is 11.3 Å². The summed E-state index contributed by atoms with van der Waals surface area (Å²) in [4.78, 5) is 28.7. The van der Waals surface area contributed by atoms with Gasteiger partial charge in [-0.1, -0.05) is 18.2 Å². The molecule has 2 aliphatic heterocycles. The highest BCUT2D eigenvalue weighted by Crippen LogP contribution is 2.41. The number of pyridine rings is 1. The maximum atomic E-state index is 14.2. The van der Waals surface area contributed by atoms with Crippen molar-refractivity contribution >= 4 is 28.2 Å². The van der Waals surface area contributed by atoms with E-state index in [0.717, 1.165) is 54.9 Å². The topological polar surface area (TPSA) is 88.9 Å². The summed E-state index contributed by atoms with van der Waals surface area (Å²) in [6.45, 7) is 6.74. The molecule has 1 aliphatic carbocycles. The van der Waals surface area contributed by atoms with Gasteiger partial charge in [0.2, 0.25) is 5.91 Å². The number of amides is 2. The second-order valence-corrected chi connectivity index (χ2v) is 12.7. The number of likely N-dealkylation sites (tertiary alicyclic amines) is 2. The van der Waals surface area contributed by atoms with Crippen LogP contribution in [0.1, 0.15) is 66.4 Å². The second-order valence-electron chi connectivity index (χ2n) is 12.7. The van der Waals surface area contributed by atoms with Crippen LogP contribution >= 0.6 is 0 Å². The molecule has 1 saturated carbocycles. The molecule has 1 aromatic carbocycles. The number of rotatable bonds is 5. The van der Waals surface area contributed by atoms with E-state index in [9.17, 15) is 14.0 Å². The Morgan fingerprint density at radius 2 is 1.83 bits per heavy atom. The number of hydrogen-bond donors (Lipinski definition) is 1. The van der Waals surface area contributed by atoms with Crippen molar-refractivity contribution in [3.8, 4) is 11.4 Å². The van der Waals surface area contributed by atoms with Crippen LogP contribution in [0.2, 0.25) is 0 Å². The van der Waals surface area contributed by atoms with Crippen LogP contribution in [0.4, 0.5) is 4.39 Å². The number of benzene rings is 1. The van der Waals surface area contributed by atoms with Crippen LogP contribution in [0.5, 0.6) is 0 Å². The van der Waals surface area contributed by atoms with Crippen molar-refractivity contribution in [2.45, 2.75) is 70.6 Å². The van der Waals surface area contributed by atoms with Gasteiger partial charge in [0.05, 0.1) is 28.8 Å². The van der Waals surface area contributed by atoms with Crippen molar-refractivity contribution in [1.29, 1.82) is 0 Å². The van der Waals surface area contributed by atoms with E-state index in [1.807, 2.05) is 17.0 Å². The first-order chi connectivity index (χ1) is 20.3. The zero-order chi connectivity index (χ0) is 29.1. The molecule has 9 heteroatoms. The first kappa shape index (κ1) is 27.1. The number of aryl methyl sites for hydroxylation is 1. The highest BCUT2D eigenvalue weighted by molar-refractivity contribution is 5.95. The lowest BCUT2D eigenvalue weighted by atomic mass is 9.88. The molecule has 3 fully saturated rings. The average molecular weight is 571 g/mol. The number of fused-ring (bicyclic) bond motifs is 2. The van der Waals surface area contributed by atoms with Crippen LogP contribution in [0.3, 0.4) is 0 Å². The lowest BCUT2D eigenvalue weighted by molar-refractivity contribution is -0.129. The Kier molecular flexibility index (Phi) is 6.80. The first-order valence-electron chi connectivity index (χ1n) is 15.3. The molecule has 2 amide bonds. The molecule has 4 aromatic rings. The summed E-state index contributed by atoms with van der Waals surface area (Å²) in [5.74, 6) is 1.02. The van der Waals surface area contributed by atoms with Crippen LogP contribution in [-0.4, -0.2) is 74.2 Å². The Morgan fingerprint density at radius 3 is 2.55 bits per heavy atom. The summed E-state index contributed by atoms with van der Waals surface area (Å²) < 4.78 is 18.4. The van der Waals surface area contributed by atoms with E-state index in [1.165, 1.54) is 34.2 Å². The molecule has 220 valence electrons. The standard InChI is InChI=1S/C33H39FN6O2/c1-20-29-9-8-25(33(42)38-18-26(34)15-27(35)19-38)17-40(29)36-31(20)30-14-24-4-3-5-28(32(24)39(30)16-22-6-7-22)23-10-12-37(13-11-23)21(2)41/h3-5,8-9,14,17,22-23,26-27H,6-7,10-13,15-16,18-19,35H2,1-2H3/t26-,27-/m1/s1. The maximum Gasteiger partial charge on any atom is 0.255 e. The first-order valence-corrected chi connectivity index (χ1v) is 15.3. The molecule has 7 rings (SSSR count). The summed E-state index contributed by atoms with van der Waals surface area (Å²) in [6, 6.07) is 12.3. The van der Waals surface area contributed by atoms with Gasteiger partial charge < -0.3 is 20.1 Å². The quantitative estimate of drug-likeness (QED) is 0.369. The molecule has 0 bridgehead atoms. The Balaban J connectivity index is 1.27. The number of para-hydroxylation sites is 1. The highest BCUT2D eigenvalue weighted by Gasteiger charge is 2.31. The fourth-order valence-electron chi connectivity index (χ4n) is 7.10. The number of carbonyl (C=O) groups is 2. The van der Waals surface area contributed by atoms with Crippen LogP contribution in [0.15, 0.2) is 42.6 Å². The lowest BCUT2D eigenvalue weighted by Gasteiger charge is -2.32. The molecule has 2 atom stereocenters. The molecule has 3 aliphatic rings. The number of nitrogens with zero attached hydrogens (tertiary/aromatic N) is 5. The summed E-state index contributed by atoms with van der Waals surface area (Å²) >= 11 is 0. The Labute approximate surface area is 245 Å². The van der Waals surface area contributed by atoms with E-state index < -0.39 is 6.17 Å². The van der Waals surface area contributed by atoms with Gasteiger partial charge in [0.15, 0.2) is 0 Å². The van der Waals surface area contributed by atoms with Crippen molar-refractivity contribution in [2.75, 3.05) is 26.2 Å². The summed E-state index contributed by atoms with van der Waals surface area (Å²) in [6.07, 6.45) is 5.39. The Morgan fingerprint density at radius 1 is 1.05 bits per heavy atom. The zero-order valence-corrected chi connectivity index (χ0v) is 24.4. The van der Waals surface area contributed by atoms with E-state index >= 15 is 0 Å². The third kappa shape index (κ3) is 4.87. The van der Waals surface area contributed by atoms with E-state index in [4.69, 9.17) is 10.8 Å². The normalized spacial score (nSPS) is 21.9. The van der Waals surface area contributed by atoms with E-state index in [1.54, 1.807) is 17.6 Å². The number of piperidine rings is 2. The number of hydrogen-bond acceptors (Lipinski definition) is 4. The van der Waals surface area contributed by atoms with Crippen molar-refractivity contribution in [3.63, 3.8) is 0 Å². The number of carbonyl (C=O) groups excluding carboxylic acids is 2. The van der Waals surface area contributed by atoms with Crippen molar-refractivity contribution < 1.29 is 14.0 Å². The van der Waals surface area contributed by atoms with Crippen molar-refractivity contribution in [2.24, 2.45) is 11.7 Å². The summed E-state index contributed by atoms with van der Waals surface area (Å²) in [5.41, 5.74) is 13.2. The largest absolute Gasteiger partial charge is 0.343 e. The number of alkyl halides is 1. The number of aromatic nitrogens is 3. The van der Waals surface area contributed by atoms with E-state index in [2.05, 4.69) is 35.8 Å². The monoisotopic (exact) mass is 570 g/mol. The van der Waals surface area contributed by atoms with Gasteiger partial charge in [0.1, 0.15) is 11.9 Å². The van der Waals surface area contributed by atoms with Gasteiger partial charge in [-0.3, -0.25) is 9.59 Å². The zero-order valence-electron chi connectivity index (χ0n) is 24.4. The van der Waals surface area contributed by atoms with Gasteiger partial charge in [-0.2, -0.15) is 5.10 Å². The van der Waals surface area contributed by atoms with Gasteiger partial charge in [0, 0.05) is 56.3 Å². The second kappa shape index (κ2) is 10.5. The predicted octanol–water partition coefficient (Wildman–Crippen LogP) is 4.91. The number of halogens is 1. The third-order valence-electron chi connectivity index (χ3n) is 9.55. The van der Waals surface area contributed by atoms with Gasteiger partial charge in [-0.05, 0) is 74.6 Å². The van der Waals surface area contributed by atoms with Crippen molar-refractivity contribution in [1.82, 2.24) is 24.0 Å². The van der Waals surface area contributed by atoms with Gasteiger partial charge >= 0.3 is 0 Å². The molecule has 42 heavy (non-hydrogen) atoms. The van der Waals surface area contributed by atoms with E-state index in [0.29, 0.717) is 30.4 Å². The summed E-state index contributed by atoms with van der Waals surface area (Å²) in [5, 5.41) is 6.25. The minimum Gasteiger partial charge on any atom is -0.343 e. The molecule has 5 heterocycles. The van der Waals surface area contributed by atoms with Crippen LogP contribution in [0, 0.1) is 12.8 Å². The summed E-state index contributed by atoms with van der Waals surface area (Å²) in [7, 11) is 0. The van der Waals surface area contributed by atoms with Crippen LogP contribution in [0.25, 0.3) is 27.8 Å². The van der Waals surface area contributed by atoms with Gasteiger partial charge in [-0.15, -0.1) is 0 Å². The molecule has 8 nitrogen and oxygen atoms in total. The van der Waals surface area contributed by atoms with Gasteiger partial charge in [0.25, 0.3) is 5.91 Å². The molecule has 2 saturated heterocycles. The average Bonchev–Trinajstić information content (AvgIpc) is 3.64. The molecule has 0 spiro atoms. The minimum atomic E-state index is -1.10. The fourth-order valence-corrected chi connectivity index (χ4v) is 7.10. The SMILES string of the molecule is CC(=O)N1CCC(c2cccc3cc(-c4nn5cc(C(=O)N6C[C@H](N)C[C@@H](F)C6)ccc5c4C)n(CC4CC4)c23)CC1. The van der Waals surface area contributed by atoms with Crippen LogP contribution < -0.4 is 5.73 Å². The Hall–Kier alpha value is -3.72. The highest BCUT2D eigenvalue weighted by atomic mass is 19.1. The third-order valence-corrected chi connectivity index (χ3v) is 9.55. The fraction of sp³-hybridized carbons (Fsp3) is 0.485. The molecule has 0 unspecified atom stereocenters. The molecular formula is C33H39FN6O2. The molecule has 0 radical (unpaired) electrons. The molecular weight excluding hydrogens is 531 g/mol. The minimum absolute atomic E-state index is 0.0747.